The number of nitrogens with zero attached hydrogens (tertiary/aromatic N) is 6. The summed E-state index contributed by atoms with van der Waals surface area (Å²) in [6.45, 7) is 7.89. The van der Waals surface area contributed by atoms with Crippen molar-refractivity contribution >= 4 is 51.3 Å². The molecule has 11 nitrogen and oxygen atoms in total. The third-order valence-electron chi connectivity index (χ3n) is 4.71. The van der Waals surface area contributed by atoms with Crippen molar-refractivity contribution in [3.05, 3.63) is 63.8 Å². The van der Waals surface area contributed by atoms with Crippen molar-refractivity contribution in [1.82, 2.24) is 35.2 Å². The zero-order valence-electron chi connectivity index (χ0n) is 19.4. The minimum absolute atomic E-state index is 0.172. The second kappa shape index (κ2) is 10.2. The Morgan fingerprint density at radius 1 is 0.943 bits per heavy atom. The number of hydrogen-bond acceptors (Lipinski definition) is 11. The summed E-state index contributed by atoms with van der Waals surface area (Å²) in [4.78, 5) is 50.8. The van der Waals surface area contributed by atoms with E-state index in [9.17, 15) is 9.59 Å². The average Bonchev–Trinajstić information content (AvgIpc) is 3.51. The first-order chi connectivity index (χ1) is 16.7. The Morgan fingerprint density at radius 3 is 2.46 bits per heavy atom. The Morgan fingerprint density at radius 2 is 1.71 bits per heavy atom. The number of anilines is 3. The number of hydrogen-bond donors (Lipinski definition) is 3. The molecule has 0 aliphatic rings. The predicted molar refractivity (Wildman–Crippen MR) is 134 cm³/mol. The van der Waals surface area contributed by atoms with Gasteiger partial charge >= 0.3 is 0 Å². The molecule has 1 unspecified atom stereocenters. The number of amides is 2. The van der Waals surface area contributed by atoms with Gasteiger partial charge < -0.3 is 16.0 Å². The van der Waals surface area contributed by atoms with Crippen LogP contribution in [0.1, 0.15) is 64.6 Å². The van der Waals surface area contributed by atoms with Gasteiger partial charge in [0.15, 0.2) is 5.13 Å². The lowest BCUT2D eigenvalue weighted by Crippen LogP contribution is -2.27. The van der Waals surface area contributed by atoms with E-state index in [1.165, 1.54) is 47.6 Å². The monoisotopic (exact) mass is 509 g/mol. The lowest BCUT2D eigenvalue weighted by Gasteiger charge is -2.17. The largest absolute Gasteiger partial charge is 0.342 e. The van der Waals surface area contributed by atoms with Crippen molar-refractivity contribution in [2.24, 2.45) is 0 Å². The molecule has 1 atom stereocenters. The molecule has 0 aromatic carbocycles. The van der Waals surface area contributed by atoms with Crippen LogP contribution in [0, 0.1) is 0 Å². The van der Waals surface area contributed by atoms with Gasteiger partial charge in [-0.3, -0.25) is 9.59 Å². The first-order valence-corrected chi connectivity index (χ1v) is 12.3. The van der Waals surface area contributed by atoms with Crippen LogP contribution in [0.2, 0.25) is 0 Å². The van der Waals surface area contributed by atoms with Crippen LogP contribution in [0.5, 0.6) is 0 Å². The minimum Gasteiger partial charge on any atom is -0.342 e. The Bertz CT molecular complexity index is 1330. The molecule has 4 aromatic heterocycles. The molecule has 2 amide bonds. The molecule has 0 aliphatic heterocycles. The van der Waals surface area contributed by atoms with Gasteiger partial charge in [-0.25, -0.2) is 29.9 Å². The summed E-state index contributed by atoms with van der Waals surface area (Å²) in [6.07, 6.45) is 5.88. The second-order valence-electron chi connectivity index (χ2n) is 8.50. The highest BCUT2D eigenvalue weighted by Crippen LogP contribution is 2.24. The Labute approximate surface area is 209 Å². The van der Waals surface area contributed by atoms with Gasteiger partial charge in [-0.2, -0.15) is 0 Å². The van der Waals surface area contributed by atoms with Crippen molar-refractivity contribution < 1.29 is 9.59 Å². The van der Waals surface area contributed by atoms with Gasteiger partial charge in [-0.1, -0.05) is 20.8 Å². The molecule has 13 heteroatoms. The molecule has 0 saturated carbocycles. The lowest BCUT2D eigenvalue weighted by atomic mass is 9.92. The number of thiazole rings is 2. The fourth-order valence-electron chi connectivity index (χ4n) is 2.88. The number of carbonyl (C=O) groups excluding carboxylic acids is 2. The van der Waals surface area contributed by atoms with Gasteiger partial charge in [-0.05, 0) is 6.92 Å². The average molecular weight is 510 g/mol. The number of nitrogens with one attached hydrogen (secondary N) is 3. The standard InChI is InChI=1S/C22H23N9O2S2/c1-12(29-18(32)13-7-16(27-10-25-13)31-21-23-5-6-34-21)20-24-9-14(35-20)19(33)30-17-8-15(22(2,3)4)26-11-28-17/h5-12H,1-4H3,(H,29,32)(H,23,25,27,31)(H,26,28,30,33). The van der Waals surface area contributed by atoms with Gasteiger partial charge in [0.2, 0.25) is 0 Å². The van der Waals surface area contributed by atoms with Gasteiger partial charge in [0.25, 0.3) is 11.8 Å². The third-order valence-corrected chi connectivity index (χ3v) is 6.58. The Kier molecular flexibility index (Phi) is 7.07. The summed E-state index contributed by atoms with van der Waals surface area (Å²) < 4.78 is 0. The lowest BCUT2D eigenvalue weighted by molar-refractivity contribution is 0.0934. The molecule has 4 heterocycles. The molecular formula is C22H23N9O2S2. The molecule has 0 bridgehead atoms. The summed E-state index contributed by atoms with van der Waals surface area (Å²) in [5, 5.41) is 11.7. The first kappa shape index (κ1) is 24.3. The molecule has 4 rings (SSSR count). The Balaban J connectivity index is 1.39. The molecular weight excluding hydrogens is 486 g/mol. The van der Waals surface area contributed by atoms with E-state index in [1.807, 2.05) is 26.2 Å². The van der Waals surface area contributed by atoms with E-state index < -0.39 is 6.04 Å². The number of aromatic nitrogens is 6. The van der Waals surface area contributed by atoms with E-state index in [4.69, 9.17) is 0 Å². The smallest absolute Gasteiger partial charge is 0.270 e. The molecule has 0 spiro atoms. The quantitative estimate of drug-likeness (QED) is 0.336. The van der Waals surface area contributed by atoms with Crippen molar-refractivity contribution in [1.29, 1.82) is 0 Å². The second-order valence-corrected chi connectivity index (χ2v) is 10.5. The highest BCUT2D eigenvalue weighted by molar-refractivity contribution is 7.14. The highest BCUT2D eigenvalue weighted by atomic mass is 32.1. The third kappa shape index (κ3) is 6.19. The van der Waals surface area contributed by atoms with Crippen LogP contribution in [0.3, 0.4) is 0 Å². The molecule has 3 N–H and O–H groups in total. The van der Waals surface area contributed by atoms with E-state index in [-0.39, 0.29) is 22.9 Å². The van der Waals surface area contributed by atoms with Gasteiger partial charge in [0.05, 0.1) is 17.9 Å². The summed E-state index contributed by atoms with van der Waals surface area (Å²) in [5.41, 5.74) is 0.840. The normalized spacial score (nSPS) is 12.1. The fraction of sp³-hybridized carbons (Fsp3) is 0.273. The fourth-order valence-corrected chi connectivity index (χ4v) is 4.23. The van der Waals surface area contributed by atoms with Gasteiger partial charge in [-0.15, -0.1) is 22.7 Å². The highest BCUT2D eigenvalue weighted by Gasteiger charge is 2.20. The van der Waals surface area contributed by atoms with Crippen molar-refractivity contribution in [2.45, 2.75) is 39.2 Å². The Hall–Kier alpha value is -3.84. The molecule has 0 fully saturated rings. The summed E-state index contributed by atoms with van der Waals surface area (Å²) >= 11 is 2.60. The zero-order valence-corrected chi connectivity index (χ0v) is 21.1. The van der Waals surface area contributed by atoms with E-state index >= 15 is 0 Å². The van der Waals surface area contributed by atoms with Gasteiger partial charge in [0.1, 0.15) is 39.9 Å². The van der Waals surface area contributed by atoms with Gasteiger partial charge in [0, 0.05) is 29.1 Å². The summed E-state index contributed by atoms with van der Waals surface area (Å²) in [7, 11) is 0. The van der Waals surface area contributed by atoms with Crippen molar-refractivity contribution in [3.8, 4) is 0 Å². The maximum absolute atomic E-state index is 12.7. The minimum atomic E-state index is -0.439. The number of carbonyl (C=O) groups is 2. The van der Waals surface area contributed by atoms with E-state index in [1.54, 1.807) is 19.2 Å². The van der Waals surface area contributed by atoms with Crippen LogP contribution in [-0.4, -0.2) is 41.7 Å². The van der Waals surface area contributed by atoms with Crippen molar-refractivity contribution in [3.63, 3.8) is 0 Å². The molecule has 0 saturated heterocycles. The van der Waals surface area contributed by atoms with Crippen LogP contribution in [0.4, 0.5) is 16.8 Å². The first-order valence-electron chi connectivity index (χ1n) is 10.6. The maximum Gasteiger partial charge on any atom is 0.270 e. The topological polar surface area (TPSA) is 148 Å². The van der Waals surface area contributed by atoms with Crippen LogP contribution in [0.25, 0.3) is 0 Å². The SMILES string of the molecule is CC(NC(=O)c1cc(Nc2nccs2)ncn1)c1ncc(C(=O)Nc2cc(C(C)(C)C)ncn2)s1. The van der Waals surface area contributed by atoms with Crippen LogP contribution in [-0.2, 0) is 5.41 Å². The van der Waals surface area contributed by atoms with Crippen LogP contribution >= 0.6 is 22.7 Å². The van der Waals surface area contributed by atoms with Crippen molar-refractivity contribution in [2.75, 3.05) is 10.6 Å². The molecule has 0 aliphatic carbocycles. The predicted octanol–water partition coefficient (Wildman–Crippen LogP) is 3.96. The van der Waals surface area contributed by atoms with Crippen LogP contribution in [0.15, 0.2) is 42.6 Å². The van der Waals surface area contributed by atoms with E-state index in [0.29, 0.717) is 26.7 Å². The zero-order chi connectivity index (χ0) is 25.0. The van der Waals surface area contributed by atoms with E-state index in [0.717, 1.165) is 5.69 Å². The van der Waals surface area contributed by atoms with E-state index in [2.05, 4.69) is 45.9 Å². The summed E-state index contributed by atoms with van der Waals surface area (Å²) in [5.74, 6) is 0.149. The number of rotatable bonds is 7. The molecule has 4 aromatic rings. The molecule has 35 heavy (non-hydrogen) atoms. The molecule has 180 valence electrons. The maximum atomic E-state index is 12.7. The molecule has 0 radical (unpaired) electrons. The summed E-state index contributed by atoms with van der Waals surface area (Å²) in [6, 6.07) is 2.85. The van der Waals surface area contributed by atoms with Crippen LogP contribution < -0.4 is 16.0 Å².